The molecule has 1 aliphatic heterocycles. The molecule has 6 heteroatoms. The average molecular weight is 381 g/mol. The second kappa shape index (κ2) is 7.41. The number of rotatable bonds is 7. The summed E-state index contributed by atoms with van der Waals surface area (Å²) in [6.45, 7) is 5.94. The number of fused-ring (bicyclic) bond motifs is 5. The summed E-state index contributed by atoms with van der Waals surface area (Å²) < 4.78 is 0. The van der Waals surface area contributed by atoms with E-state index in [1.54, 1.807) is 0 Å². The number of amides is 3. The minimum Gasteiger partial charge on any atom is -0.370 e. The van der Waals surface area contributed by atoms with Crippen molar-refractivity contribution in [1.82, 2.24) is 10.2 Å². The molecule has 3 aliphatic rings. The molecule has 28 heavy (non-hydrogen) atoms. The largest absolute Gasteiger partial charge is 0.370 e. The van der Waals surface area contributed by atoms with E-state index in [-0.39, 0.29) is 47.9 Å². The van der Waals surface area contributed by atoms with E-state index in [1.807, 2.05) is 6.07 Å². The van der Waals surface area contributed by atoms with Crippen molar-refractivity contribution >= 4 is 23.4 Å². The fraction of sp³-hybridized carbons (Fsp3) is 0.500. The summed E-state index contributed by atoms with van der Waals surface area (Å²) in [5.74, 6) is -0.755. The van der Waals surface area contributed by atoms with Gasteiger partial charge < -0.3 is 10.2 Å². The number of anilines is 1. The lowest BCUT2D eigenvalue weighted by molar-refractivity contribution is -0.144. The molecular formula is C22H27N3O3. The second-order valence-electron chi connectivity index (χ2n) is 8.03. The number of carbonyl (C=O) groups excluding carboxylic acids is 3. The maximum absolute atomic E-state index is 12.7. The summed E-state index contributed by atoms with van der Waals surface area (Å²) in [6, 6.07) is 8.25. The Hall–Kier alpha value is -2.63. The highest BCUT2D eigenvalue weighted by atomic mass is 16.2. The third-order valence-corrected chi connectivity index (χ3v) is 6.32. The lowest BCUT2D eigenvalue weighted by Crippen LogP contribution is -2.43. The SMILES string of the molecule is CCN(CCNC(=O)CN1C(=O)C2C3C=CC(C3)C2C1=O)c1cccc(C)c1. The summed E-state index contributed by atoms with van der Waals surface area (Å²) in [5, 5.41) is 2.86. The Labute approximate surface area is 165 Å². The fourth-order valence-corrected chi connectivity index (χ4v) is 4.94. The van der Waals surface area contributed by atoms with E-state index in [0.29, 0.717) is 13.1 Å². The minimum atomic E-state index is -0.276. The zero-order valence-electron chi connectivity index (χ0n) is 16.4. The molecule has 2 bridgehead atoms. The molecule has 1 N–H and O–H groups in total. The third-order valence-electron chi connectivity index (χ3n) is 6.32. The molecule has 4 rings (SSSR count). The number of nitrogens with zero attached hydrogens (tertiary/aromatic N) is 2. The van der Waals surface area contributed by atoms with Crippen LogP contribution in [0.4, 0.5) is 5.69 Å². The Balaban J connectivity index is 1.29. The molecular weight excluding hydrogens is 354 g/mol. The summed E-state index contributed by atoms with van der Waals surface area (Å²) >= 11 is 0. The van der Waals surface area contributed by atoms with Gasteiger partial charge in [-0.3, -0.25) is 19.3 Å². The van der Waals surface area contributed by atoms with Crippen LogP contribution in [0.1, 0.15) is 18.9 Å². The fourth-order valence-electron chi connectivity index (χ4n) is 4.94. The van der Waals surface area contributed by atoms with Gasteiger partial charge in [0.15, 0.2) is 0 Å². The van der Waals surface area contributed by atoms with Crippen molar-refractivity contribution < 1.29 is 14.4 Å². The van der Waals surface area contributed by atoms with E-state index in [2.05, 4.69) is 54.4 Å². The summed E-state index contributed by atoms with van der Waals surface area (Å²) in [4.78, 5) is 41.0. The maximum atomic E-state index is 12.7. The third kappa shape index (κ3) is 3.21. The van der Waals surface area contributed by atoms with Crippen molar-refractivity contribution in [3.05, 3.63) is 42.0 Å². The van der Waals surface area contributed by atoms with Crippen molar-refractivity contribution in [3.8, 4) is 0 Å². The Bertz CT molecular complexity index is 804. The molecule has 2 aliphatic carbocycles. The normalized spacial score (nSPS) is 27.4. The van der Waals surface area contributed by atoms with Crippen molar-refractivity contribution in [3.63, 3.8) is 0 Å². The van der Waals surface area contributed by atoms with Crippen LogP contribution in [-0.4, -0.2) is 48.8 Å². The van der Waals surface area contributed by atoms with Crippen molar-refractivity contribution in [2.24, 2.45) is 23.7 Å². The predicted octanol–water partition coefficient (Wildman–Crippen LogP) is 1.74. The number of nitrogens with one attached hydrogen (secondary N) is 1. The molecule has 0 spiro atoms. The first-order valence-electron chi connectivity index (χ1n) is 10.1. The van der Waals surface area contributed by atoms with Crippen molar-refractivity contribution in [2.75, 3.05) is 31.1 Å². The lowest BCUT2D eigenvalue weighted by Gasteiger charge is -2.24. The van der Waals surface area contributed by atoms with Gasteiger partial charge in [0.05, 0.1) is 11.8 Å². The van der Waals surface area contributed by atoms with Gasteiger partial charge in [0.25, 0.3) is 0 Å². The van der Waals surface area contributed by atoms with Crippen LogP contribution in [0.5, 0.6) is 0 Å². The number of benzene rings is 1. The maximum Gasteiger partial charge on any atom is 0.240 e. The smallest absolute Gasteiger partial charge is 0.240 e. The van der Waals surface area contributed by atoms with Crippen LogP contribution in [0.3, 0.4) is 0 Å². The molecule has 4 atom stereocenters. The molecule has 6 nitrogen and oxygen atoms in total. The van der Waals surface area contributed by atoms with Gasteiger partial charge in [-0.15, -0.1) is 0 Å². The van der Waals surface area contributed by atoms with E-state index in [0.717, 1.165) is 18.7 Å². The molecule has 3 amide bonds. The Kier molecular flexibility index (Phi) is 4.96. The highest BCUT2D eigenvalue weighted by molar-refractivity contribution is 6.08. The predicted molar refractivity (Wildman–Crippen MR) is 107 cm³/mol. The first-order chi connectivity index (χ1) is 13.5. The number of aryl methyl sites for hydroxylation is 1. The number of allylic oxidation sites excluding steroid dienone is 2. The van der Waals surface area contributed by atoms with E-state index in [1.165, 1.54) is 10.5 Å². The Morgan fingerprint density at radius 3 is 2.46 bits per heavy atom. The monoisotopic (exact) mass is 381 g/mol. The molecule has 1 aromatic carbocycles. The molecule has 1 heterocycles. The Morgan fingerprint density at radius 1 is 1.18 bits per heavy atom. The number of likely N-dealkylation sites (tertiary alicyclic amines) is 1. The summed E-state index contributed by atoms with van der Waals surface area (Å²) in [6.07, 6.45) is 5.02. The van der Waals surface area contributed by atoms with Crippen LogP contribution >= 0.6 is 0 Å². The van der Waals surface area contributed by atoms with Crippen LogP contribution in [0.2, 0.25) is 0 Å². The van der Waals surface area contributed by atoms with Gasteiger partial charge in [0, 0.05) is 25.3 Å². The number of carbonyl (C=O) groups is 3. The van der Waals surface area contributed by atoms with Gasteiger partial charge in [0.2, 0.25) is 17.7 Å². The molecule has 1 saturated heterocycles. The van der Waals surface area contributed by atoms with Gasteiger partial charge in [0.1, 0.15) is 6.54 Å². The highest BCUT2D eigenvalue weighted by Crippen LogP contribution is 2.52. The van der Waals surface area contributed by atoms with Crippen LogP contribution in [0.15, 0.2) is 36.4 Å². The molecule has 1 saturated carbocycles. The van der Waals surface area contributed by atoms with E-state index < -0.39 is 0 Å². The van der Waals surface area contributed by atoms with Gasteiger partial charge in [-0.1, -0.05) is 24.3 Å². The van der Waals surface area contributed by atoms with E-state index in [4.69, 9.17) is 0 Å². The number of hydrogen-bond donors (Lipinski definition) is 1. The molecule has 1 aromatic rings. The van der Waals surface area contributed by atoms with E-state index >= 15 is 0 Å². The molecule has 0 radical (unpaired) electrons. The summed E-state index contributed by atoms with van der Waals surface area (Å²) in [5.41, 5.74) is 2.32. The van der Waals surface area contributed by atoms with Gasteiger partial charge >= 0.3 is 0 Å². The lowest BCUT2D eigenvalue weighted by atomic mass is 9.85. The van der Waals surface area contributed by atoms with Crippen LogP contribution < -0.4 is 10.2 Å². The average Bonchev–Trinajstić information content (AvgIpc) is 3.35. The molecule has 2 fully saturated rings. The number of imide groups is 1. The summed E-state index contributed by atoms with van der Waals surface area (Å²) in [7, 11) is 0. The number of likely N-dealkylation sites (N-methyl/N-ethyl adjacent to an activating group) is 1. The second-order valence-corrected chi connectivity index (χ2v) is 8.03. The first kappa shape index (κ1) is 18.7. The van der Waals surface area contributed by atoms with Crippen molar-refractivity contribution in [2.45, 2.75) is 20.3 Å². The Morgan fingerprint density at radius 2 is 1.86 bits per heavy atom. The minimum absolute atomic E-state index is 0.166. The van der Waals surface area contributed by atoms with Gasteiger partial charge in [-0.2, -0.15) is 0 Å². The van der Waals surface area contributed by atoms with Crippen LogP contribution in [0, 0.1) is 30.6 Å². The van der Waals surface area contributed by atoms with Gasteiger partial charge in [-0.25, -0.2) is 0 Å². The topological polar surface area (TPSA) is 69.7 Å². The standard InChI is InChI=1S/C22H27N3O3/c1-3-24(17-6-4-5-14(2)11-17)10-9-23-18(26)13-25-21(27)19-15-7-8-16(12-15)20(19)22(25)28/h4-8,11,15-16,19-20H,3,9-10,12-13H2,1-2H3,(H,23,26). The zero-order valence-corrected chi connectivity index (χ0v) is 16.4. The molecule has 0 aromatic heterocycles. The van der Waals surface area contributed by atoms with Crippen LogP contribution in [0.25, 0.3) is 0 Å². The highest BCUT2D eigenvalue weighted by Gasteiger charge is 2.59. The van der Waals surface area contributed by atoms with Crippen LogP contribution in [-0.2, 0) is 14.4 Å². The van der Waals surface area contributed by atoms with Gasteiger partial charge in [-0.05, 0) is 49.8 Å². The molecule has 148 valence electrons. The first-order valence-corrected chi connectivity index (χ1v) is 10.1. The zero-order chi connectivity index (χ0) is 19.8. The van der Waals surface area contributed by atoms with E-state index in [9.17, 15) is 14.4 Å². The molecule has 4 unspecified atom stereocenters. The number of hydrogen-bond acceptors (Lipinski definition) is 4. The quantitative estimate of drug-likeness (QED) is 0.577. The van der Waals surface area contributed by atoms with Crippen molar-refractivity contribution in [1.29, 1.82) is 0 Å².